The lowest BCUT2D eigenvalue weighted by atomic mass is 10.2. The van der Waals surface area contributed by atoms with Crippen molar-refractivity contribution in [3.63, 3.8) is 0 Å². The van der Waals surface area contributed by atoms with Gasteiger partial charge >= 0.3 is 12.1 Å². The van der Waals surface area contributed by atoms with Crippen molar-refractivity contribution in [3.8, 4) is 5.75 Å². The van der Waals surface area contributed by atoms with Crippen molar-refractivity contribution >= 4 is 34.8 Å². The zero-order valence-electron chi connectivity index (χ0n) is 17.6. The van der Waals surface area contributed by atoms with E-state index in [1.54, 1.807) is 47.4 Å². The Morgan fingerprint density at radius 2 is 1.75 bits per heavy atom. The largest absolute Gasteiger partial charge is 0.491 e. The summed E-state index contributed by atoms with van der Waals surface area (Å²) < 4.78 is 43.4. The number of carbonyl (C=O) groups excluding carboxylic acids is 2. The maximum atomic E-state index is 12.6. The molecule has 1 aliphatic heterocycles. The Morgan fingerprint density at radius 1 is 1.06 bits per heavy atom. The maximum Gasteiger partial charge on any atom is 0.471 e. The molecule has 1 N–H and O–H groups in total. The second kappa shape index (κ2) is 9.68. The van der Waals surface area contributed by atoms with Crippen molar-refractivity contribution in [2.45, 2.75) is 26.1 Å². The zero-order chi connectivity index (χ0) is 23.5. The van der Waals surface area contributed by atoms with Gasteiger partial charge in [-0.25, -0.2) is 0 Å². The Kier molecular flexibility index (Phi) is 7.18. The van der Waals surface area contributed by atoms with E-state index in [9.17, 15) is 22.8 Å². The molecule has 10 heteroatoms. The number of piperazine rings is 1. The molecular weight excluding hydrogens is 447 g/mol. The van der Waals surface area contributed by atoms with E-state index in [1.165, 1.54) is 0 Å². The van der Waals surface area contributed by atoms with E-state index in [0.717, 1.165) is 4.90 Å². The van der Waals surface area contributed by atoms with Crippen molar-refractivity contribution in [3.05, 3.63) is 53.1 Å². The van der Waals surface area contributed by atoms with E-state index >= 15 is 0 Å². The van der Waals surface area contributed by atoms with Crippen molar-refractivity contribution in [2.75, 3.05) is 36.4 Å². The second-order valence-electron chi connectivity index (χ2n) is 7.59. The van der Waals surface area contributed by atoms with Crippen LogP contribution in [0.2, 0.25) is 5.02 Å². The zero-order valence-corrected chi connectivity index (χ0v) is 18.3. The minimum Gasteiger partial charge on any atom is -0.491 e. The van der Waals surface area contributed by atoms with Gasteiger partial charge in [-0.3, -0.25) is 9.59 Å². The number of carbonyl (C=O) groups is 2. The fourth-order valence-electron chi connectivity index (χ4n) is 3.36. The maximum absolute atomic E-state index is 12.6. The van der Waals surface area contributed by atoms with Gasteiger partial charge in [0, 0.05) is 37.4 Å². The van der Waals surface area contributed by atoms with Gasteiger partial charge in [0.2, 0.25) is 0 Å². The first-order valence-corrected chi connectivity index (χ1v) is 10.4. The Hall–Kier alpha value is -2.94. The number of nitrogens with zero attached hydrogens (tertiary/aromatic N) is 2. The first-order valence-electron chi connectivity index (χ1n) is 10.0. The van der Waals surface area contributed by atoms with Gasteiger partial charge in [0.05, 0.1) is 16.8 Å². The average molecular weight is 470 g/mol. The molecule has 0 bridgehead atoms. The fraction of sp³-hybridized carbons (Fsp3) is 0.364. The molecule has 0 radical (unpaired) electrons. The van der Waals surface area contributed by atoms with Gasteiger partial charge in [0.25, 0.3) is 5.91 Å². The third kappa shape index (κ3) is 5.85. The van der Waals surface area contributed by atoms with Crippen molar-refractivity contribution < 1.29 is 27.5 Å². The van der Waals surface area contributed by atoms with E-state index in [4.69, 9.17) is 16.3 Å². The highest BCUT2D eigenvalue weighted by Crippen LogP contribution is 2.30. The average Bonchev–Trinajstić information content (AvgIpc) is 2.72. The number of anilines is 2. The molecule has 0 unspecified atom stereocenters. The number of hydrogen-bond donors (Lipinski definition) is 1. The summed E-state index contributed by atoms with van der Waals surface area (Å²) in [6.07, 6.45) is -4.90. The quantitative estimate of drug-likeness (QED) is 0.695. The van der Waals surface area contributed by atoms with E-state index in [1.807, 2.05) is 13.8 Å². The fourth-order valence-corrected chi connectivity index (χ4v) is 3.66. The lowest BCUT2D eigenvalue weighted by Gasteiger charge is -2.36. The van der Waals surface area contributed by atoms with Crippen LogP contribution in [-0.2, 0) is 4.79 Å². The molecule has 2 aromatic rings. The van der Waals surface area contributed by atoms with Crippen LogP contribution in [0.3, 0.4) is 0 Å². The molecule has 32 heavy (non-hydrogen) atoms. The standard InChI is InChI=1S/C22H23ClF3N3O3/c1-14(2)32-17-5-3-4-15(12-17)20(30)27-16-6-7-19(18(23)13-16)28-8-10-29(11-9-28)21(31)22(24,25)26/h3-7,12-14H,8-11H2,1-2H3,(H,27,30). The first-order chi connectivity index (χ1) is 15.0. The number of amides is 2. The van der Waals surface area contributed by atoms with E-state index in [2.05, 4.69) is 5.32 Å². The highest BCUT2D eigenvalue weighted by atomic mass is 35.5. The van der Waals surface area contributed by atoms with Gasteiger partial charge < -0.3 is 19.9 Å². The summed E-state index contributed by atoms with van der Waals surface area (Å²) in [6, 6.07) is 11.7. The van der Waals surface area contributed by atoms with Crippen LogP contribution in [0.5, 0.6) is 5.75 Å². The van der Waals surface area contributed by atoms with Gasteiger partial charge in [0.15, 0.2) is 0 Å². The molecule has 6 nitrogen and oxygen atoms in total. The lowest BCUT2D eigenvalue weighted by molar-refractivity contribution is -0.185. The van der Waals surface area contributed by atoms with E-state index in [-0.39, 0.29) is 38.2 Å². The molecule has 0 atom stereocenters. The molecule has 0 aliphatic carbocycles. The van der Waals surface area contributed by atoms with Gasteiger partial charge in [-0.2, -0.15) is 13.2 Å². The third-order valence-electron chi connectivity index (χ3n) is 4.82. The minimum atomic E-state index is -4.87. The van der Waals surface area contributed by atoms with Crippen LogP contribution in [-0.4, -0.2) is 55.2 Å². The Bertz CT molecular complexity index is 990. The van der Waals surface area contributed by atoms with Crippen LogP contribution < -0.4 is 15.0 Å². The number of halogens is 4. The van der Waals surface area contributed by atoms with Crippen molar-refractivity contribution in [2.24, 2.45) is 0 Å². The van der Waals surface area contributed by atoms with Gasteiger partial charge in [-0.05, 0) is 50.2 Å². The molecule has 1 heterocycles. The lowest BCUT2D eigenvalue weighted by Crippen LogP contribution is -2.52. The molecule has 2 amide bonds. The van der Waals surface area contributed by atoms with Crippen LogP contribution in [0, 0.1) is 0 Å². The number of alkyl halides is 3. The predicted molar refractivity (Wildman–Crippen MR) is 116 cm³/mol. The Balaban J connectivity index is 1.63. The summed E-state index contributed by atoms with van der Waals surface area (Å²) in [5.41, 5.74) is 1.52. The molecule has 1 aliphatic rings. The van der Waals surface area contributed by atoms with Crippen LogP contribution in [0.4, 0.5) is 24.5 Å². The van der Waals surface area contributed by atoms with Crippen LogP contribution >= 0.6 is 11.6 Å². The monoisotopic (exact) mass is 469 g/mol. The molecule has 1 fully saturated rings. The molecule has 2 aromatic carbocycles. The molecule has 0 aromatic heterocycles. The van der Waals surface area contributed by atoms with E-state index < -0.39 is 12.1 Å². The van der Waals surface area contributed by atoms with Gasteiger partial charge in [-0.15, -0.1) is 0 Å². The van der Waals surface area contributed by atoms with Crippen LogP contribution in [0.15, 0.2) is 42.5 Å². The van der Waals surface area contributed by atoms with Crippen molar-refractivity contribution in [1.82, 2.24) is 4.90 Å². The van der Waals surface area contributed by atoms with Crippen LogP contribution in [0.25, 0.3) is 0 Å². The molecule has 1 saturated heterocycles. The number of hydrogen-bond acceptors (Lipinski definition) is 4. The molecule has 3 rings (SSSR count). The Morgan fingerprint density at radius 3 is 2.34 bits per heavy atom. The predicted octanol–water partition coefficient (Wildman–Crippen LogP) is 4.59. The summed E-state index contributed by atoms with van der Waals surface area (Å²) in [6.45, 7) is 4.12. The highest BCUT2D eigenvalue weighted by molar-refractivity contribution is 6.33. The number of ether oxygens (including phenoxy) is 1. The second-order valence-corrected chi connectivity index (χ2v) is 8.00. The molecule has 0 saturated carbocycles. The summed E-state index contributed by atoms with van der Waals surface area (Å²) in [5, 5.41) is 3.12. The number of rotatable bonds is 5. The molecular formula is C22H23ClF3N3O3. The van der Waals surface area contributed by atoms with Gasteiger partial charge in [-0.1, -0.05) is 17.7 Å². The highest BCUT2D eigenvalue weighted by Gasteiger charge is 2.43. The number of benzene rings is 2. The van der Waals surface area contributed by atoms with Gasteiger partial charge in [0.1, 0.15) is 5.75 Å². The van der Waals surface area contributed by atoms with Crippen LogP contribution in [0.1, 0.15) is 24.2 Å². The molecule has 0 spiro atoms. The summed E-state index contributed by atoms with van der Waals surface area (Å²) in [5.74, 6) is -1.57. The first kappa shape index (κ1) is 23.7. The van der Waals surface area contributed by atoms with E-state index in [0.29, 0.717) is 27.7 Å². The smallest absolute Gasteiger partial charge is 0.471 e. The summed E-state index contributed by atoms with van der Waals surface area (Å²) >= 11 is 6.37. The minimum absolute atomic E-state index is 0.0203. The topological polar surface area (TPSA) is 61.9 Å². The summed E-state index contributed by atoms with van der Waals surface area (Å²) in [7, 11) is 0. The normalized spacial score (nSPS) is 14.5. The number of nitrogens with one attached hydrogen (secondary N) is 1. The third-order valence-corrected chi connectivity index (χ3v) is 5.13. The van der Waals surface area contributed by atoms with Crippen molar-refractivity contribution in [1.29, 1.82) is 0 Å². The molecule has 172 valence electrons. The Labute approximate surface area is 188 Å². The summed E-state index contributed by atoms with van der Waals surface area (Å²) in [4.78, 5) is 26.6. The SMILES string of the molecule is CC(C)Oc1cccc(C(=O)Nc2ccc(N3CCN(C(=O)C(F)(F)F)CC3)c(Cl)c2)c1.